The predicted octanol–water partition coefficient (Wildman–Crippen LogP) is 5.54. The van der Waals surface area contributed by atoms with E-state index in [1.807, 2.05) is 6.07 Å². The average molecular weight is 406 g/mol. The molecule has 0 aromatic heterocycles. The van der Waals surface area contributed by atoms with Gasteiger partial charge in [-0.3, -0.25) is 4.79 Å². The fourth-order valence-electron chi connectivity index (χ4n) is 1.70. The van der Waals surface area contributed by atoms with Gasteiger partial charge in [0.05, 0.1) is 10.6 Å². The molecule has 0 atom stereocenters. The number of ketones is 1. The van der Waals surface area contributed by atoms with Crippen molar-refractivity contribution in [2.75, 3.05) is 0 Å². The molecule has 0 aliphatic heterocycles. The minimum Gasteiger partial charge on any atom is -0.288 e. The maximum absolute atomic E-state index is 14.0. The molecule has 0 N–H and O–H groups in total. The van der Waals surface area contributed by atoms with E-state index in [9.17, 15) is 9.18 Å². The SMILES string of the molecule is Cc1c(Br)cccc1C(=O)c1ccc(Br)c(Cl)c1F. The topological polar surface area (TPSA) is 17.1 Å². The summed E-state index contributed by atoms with van der Waals surface area (Å²) in [7, 11) is 0. The fourth-order valence-corrected chi connectivity index (χ4v) is 2.54. The van der Waals surface area contributed by atoms with Crippen molar-refractivity contribution in [3.63, 3.8) is 0 Å². The lowest BCUT2D eigenvalue weighted by Crippen LogP contribution is -2.07. The molecule has 2 rings (SSSR count). The summed E-state index contributed by atoms with van der Waals surface area (Å²) in [4.78, 5) is 12.4. The van der Waals surface area contributed by atoms with E-state index in [1.165, 1.54) is 6.07 Å². The Morgan fingerprint density at radius 1 is 1.11 bits per heavy atom. The Kier molecular flexibility index (Phi) is 4.43. The van der Waals surface area contributed by atoms with E-state index in [4.69, 9.17) is 11.6 Å². The Labute approximate surface area is 132 Å². The highest BCUT2D eigenvalue weighted by Gasteiger charge is 2.19. The Hall–Kier alpha value is -0.710. The van der Waals surface area contributed by atoms with E-state index in [0.717, 1.165) is 10.0 Å². The largest absolute Gasteiger partial charge is 0.288 e. The van der Waals surface area contributed by atoms with E-state index < -0.39 is 5.82 Å². The van der Waals surface area contributed by atoms with Gasteiger partial charge < -0.3 is 0 Å². The minimum absolute atomic E-state index is 0.0330. The molecule has 2 aromatic carbocycles. The van der Waals surface area contributed by atoms with Crippen LogP contribution in [0.15, 0.2) is 39.3 Å². The highest BCUT2D eigenvalue weighted by atomic mass is 79.9. The van der Waals surface area contributed by atoms with Crippen molar-refractivity contribution >= 4 is 49.2 Å². The van der Waals surface area contributed by atoms with Crippen molar-refractivity contribution in [2.45, 2.75) is 6.92 Å². The molecule has 0 radical (unpaired) electrons. The van der Waals surface area contributed by atoms with Gasteiger partial charge in [0, 0.05) is 14.5 Å². The monoisotopic (exact) mass is 404 g/mol. The van der Waals surface area contributed by atoms with Crippen LogP contribution >= 0.6 is 43.5 Å². The molecule has 0 saturated heterocycles. The number of hydrogen-bond donors (Lipinski definition) is 0. The minimum atomic E-state index is -0.708. The van der Waals surface area contributed by atoms with Gasteiger partial charge in [-0.1, -0.05) is 39.7 Å². The summed E-state index contributed by atoms with van der Waals surface area (Å²) >= 11 is 12.3. The second-order valence-corrected chi connectivity index (χ2v) is 6.05. The van der Waals surface area contributed by atoms with E-state index in [1.54, 1.807) is 25.1 Å². The Morgan fingerprint density at radius 2 is 1.79 bits per heavy atom. The molecular formula is C14H8Br2ClFO. The van der Waals surface area contributed by atoms with Crippen LogP contribution in [0.4, 0.5) is 4.39 Å². The number of rotatable bonds is 2. The first-order valence-corrected chi connectivity index (χ1v) is 7.33. The molecule has 0 unspecified atom stereocenters. The van der Waals surface area contributed by atoms with Crippen LogP contribution in [0, 0.1) is 12.7 Å². The summed E-state index contributed by atoms with van der Waals surface area (Å²) in [6.45, 7) is 1.80. The molecule has 5 heteroatoms. The van der Waals surface area contributed by atoms with Gasteiger partial charge >= 0.3 is 0 Å². The molecule has 0 saturated carbocycles. The quantitative estimate of drug-likeness (QED) is 0.473. The molecule has 2 aromatic rings. The lowest BCUT2D eigenvalue weighted by molar-refractivity contribution is 0.103. The van der Waals surface area contributed by atoms with Crippen molar-refractivity contribution in [2.24, 2.45) is 0 Å². The lowest BCUT2D eigenvalue weighted by Gasteiger charge is -2.09. The lowest BCUT2D eigenvalue weighted by atomic mass is 9.99. The zero-order valence-corrected chi connectivity index (χ0v) is 13.7. The van der Waals surface area contributed by atoms with Gasteiger partial charge in [0.2, 0.25) is 0 Å². The fraction of sp³-hybridized carbons (Fsp3) is 0.0714. The van der Waals surface area contributed by atoms with Gasteiger partial charge in [-0.2, -0.15) is 0 Å². The maximum Gasteiger partial charge on any atom is 0.196 e. The molecule has 0 amide bonds. The maximum atomic E-state index is 14.0. The summed E-state index contributed by atoms with van der Waals surface area (Å²) in [5.74, 6) is -1.09. The van der Waals surface area contributed by atoms with E-state index >= 15 is 0 Å². The number of carbonyl (C=O) groups is 1. The molecule has 0 fully saturated rings. The van der Waals surface area contributed by atoms with Crippen molar-refractivity contribution in [3.05, 3.63) is 66.8 Å². The molecule has 0 aliphatic carbocycles. The highest BCUT2D eigenvalue weighted by Crippen LogP contribution is 2.30. The highest BCUT2D eigenvalue weighted by molar-refractivity contribution is 9.10. The third kappa shape index (κ3) is 2.76. The third-order valence-corrected chi connectivity index (χ3v) is 4.91. The summed E-state index contributed by atoms with van der Waals surface area (Å²) in [6.07, 6.45) is 0. The average Bonchev–Trinajstić information content (AvgIpc) is 2.39. The summed E-state index contributed by atoms with van der Waals surface area (Å²) < 4.78 is 15.3. The molecule has 0 heterocycles. The van der Waals surface area contributed by atoms with Crippen LogP contribution < -0.4 is 0 Å². The van der Waals surface area contributed by atoms with Crippen LogP contribution in [0.1, 0.15) is 21.5 Å². The Morgan fingerprint density at radius 3 is 2.47 bits per heavy atom. The van der Waals surface area contributed by atoms with Gasteiger partial charge in [-0.05, 0) is 46.6 Å². The Balaban J connectivity index is 2.57. The van der Waals surface area contributed by atoms with Crippen LogP contribution in [0.5, 0.6) is 0 Å². The van der Waals surface area contributed by atoms with Crippen LogP contribution in [0.25, 0.3) is 0 Å². The Bertz CT molecular complexity index is 671. The summed E-state index contributed by atoms with van der Waals surface area (Å²) in [5, 5.41) is -0.0847. The molecular weight excluding hydrogens is 398 g/mol. The third-order valence-electron chi connectivity index (χ3n) is 2.79. The first-order chi connectivity index (χ1) is 8.93. The number of carbonyl (C=O) groups excluding carboxylic acids is 1. The van der Waals surface area contributed by atoms with Gasteiger partial charge in [-0.15, -0.1) is 0 Å². The van der Waals surface area contributed by atoms with Gasteiger partial charge in [-0.25, -0.2) is 4.39 Å². The summed E-state index contributed by atoms with van der Waals surface area (Å²) in [6, 6.07) is 8.22. The number of hydrogen-bond acceptors (Lipinski definition) is 1. The van der Waals surface area contributed by atoms with Crippen molar-refractivity contribution in [1.29, 1.82) is 0 Å². The smallest absolute Gasteiger partial charge is 0.196 e. The second-order valence-electron chi connectivity index (χ2n) is 3.96. The van der Waals surface area contributed by atoms with Gasteiger partial charge in [0.1, 0.15) is 0 Å². The molecule has 98 valence electrons. The molecule has 1 nitrogen and oxygen atoms in total. The number of benzene rings is 2. The molecule has 0 bridgehead atoms. The van der Waals surface area contributed by atoms with E-state index in [0.29, 0.717) is 10.0 Å². The van der Waals surface area contributed by atoms with Crippen LogP contribution in [0.2, 0.25) is 5.02 Å². The van der Waals surface area contributed by atoms with Crippen molar-refractivity contribution in [1.82, 2.24) is 0 Å². The molecule has 19 heavy (non-hydrogen) atoms. The van der Waals surface area contributed by atoms with E-state index in [2.05, 4.69) is 31.9 Å². The standard InChI is InChI=1S/C14H8Br2ClFO/c1-7-8(3-2-4-10(7)15)14(19)9-5-6-11(16)12(17)13(9)18/h2-6H,1H3. The second kappa shape index (κ2) is 5.73. The molecule has 0 aliphatic rings. The van der Waals surface area contributed by atoms with Crippen molar-refractivity contribution in [3.8, 4) is 0 Å². The zero-order chi connectivity index (χ0) is 14.2. The van der Waals surface area contributed by atoms with Crippen LogP contribution in [-0.4, -0.2) is 5.78 Å². The van der Waals surface area contributed by atoms with Crippen LogP contribution in [0.3, 0.4) is 0 Å². The van der Waals surface area contributed by atoms with E-state index in [-0.39, 0.29) is 16.4 Å². The van der Waals surface area contributed by atoms with Crippen LogP contribution in [-0.2, 0) is 0 Å². The normalized spacial score (nSPS) is 10.6. The van der Waals surface area contributed by atoms with Crippen molar-refractivity contribution < 1.29 is 9.18 Å². The predicted molar refractivity (Wildman–Crippen MR) is 81.4 cm³/mol. The summed E-state index contributed by atoms with van der Waals surface area (Å²) in [5.41, 5.74) is 1.19. The number of halogens is 4. The zero-order valence-electron chi connectivity index (χ0n) is 9.81. The van der Waals surface area contributed by atoms with Gasteiger partial charge in [0.25, 0.3) is 0 Å². The first-order valence-electron chi connectivity index (χ1n) is 5.36. The first kappa shape index (κ1) is 14.7. The molecule has 0 spiro atoms. The van der Waals surface area contributed by atoms with Gasteiger partial charge in [0.15, 0.2) is 11.6 Å².